The Morgan fingerprint density at radius 2 is 2.00 bits per heavy atom. The average molecular weight is 450 g/mol. The first-order chi connectivity index (χ1) is 10.1. The lowest BCUT2D eigenvalue weighted by molar-refractivity contribution is 0.902. The summed E-state index contributed by atoms with van der Waals surface area (Å²) >= 11 is 18.9. The number of benzene rings is 1. The molecule has 3 nitrogen and oxygen atoms in total. The minimum atomic E-state index is 0.496. The number of pyridine rings is 1. The van der Waals surface area contributed by atoms with Crippen LogP contribution in [0, 0.1) is 0 Å². The zero-order valence-corrected chi connectivity index (χ0v) is 15.3. The molecule has 7 heteroatoms. The molecule has 0 aliphatic heterocycles. The highest BCUT2D eigenvalue weighted by molar-refractivity contribution is 9.10. The van der Waals surface area contributed by atoms with Crippen LogP contribution in [0.4, 0.5) is 0 Å². The van der Waals surface area contributed by atoms with Gasteiger partial charge in [0.2, 0.25) is 0 Å². The first kappa shape index (κ1) is 15.3. The molecule has 0 atom stereocenters. The van der Waals surface area contributed by atoms with Crippen LogP contribution in [0.15, 0.2) is 39.4 Å². The molecule has 0 aliphatic rings. The zero-order valence-electron chi connectivity index (χ0n) is 10.7. The van der Waals surface area contributed by atoms with Gasteiger partial charge in [0.25, 0.3) is 0 Å². The van der Waals surface area contributed by atoms with Crippen LogP contribution in [0.1, 0.15) is 5.82 Å². The standard InChI is InChI=1S/C14H9Br2Cl2N3/c15-8-5-11-14(19-7-8)21(13(20-11)3-4-17)12-2-1-9(18)6-10(12)16/h1-2,5-7H,3-4H2. The number of imidazole rings is 1. The van der Waals surface area contributed by atoms with Crippen molar-refractivity contribution in [2.75, 3.05) is 5.88 Å². The summed E-state index contributed by atoms with van der Waals surface area (Å²) < 4.78 is 3.78. The quantitative estimate of drug-likeness (QED) is 0.502. The van der Waals surface area contributed by atoms with Gasteiger partial charge in [-0.3, -0.25) is 4.57 Å². The molecule has 0 unspecified atom stereocenters. The number of aromatic nitrogens is 3. The van der Waals surface area contributed by atoms with Gasteiger partial charge in [0, 0.05) is 32.5 Å². The lowest BCUT2D eigenvalue weighted by atomic mass is 10.3. The third-order valence-electron chi connectivity index (χ3n) is 3.00. The number of aryl methyl sites for hydroxylation is 1. The van der Waals surface area contributed by atoms with E-state index in [2.05, 4.69) is 41.8 Å². The van der Waals surface area contributed by atoms with Crippen LogP contribution in [0.5, 0.6) is 0 Å². The summed E-state index contributed by atoms with van der Waals surface area (Å²) in [6.07, 6.45) is 2.42. The van der Waals surface area contributed by atoms with Crippen molar-refractivity contribution in [2.24, 2.45) is 0 Å². The number of hydrogen-bond acceptors (Lipinski definition) is 2. The van der Waals surface area contributed by atoms with E-state index < -0.39 is 0 Å². The fraction of sp³-hybridized carbons (Fsp3) is 0.143. The Labute approximate surface area is 148 Å². The Kier molecular flexibility index (Phi) is 4.54. The fourth-order valence-corrected chi connectivity index (χ4v) is 3.50. The van der Waals surface area contributed by atoms with Crippen LogP contribution < -0.4 is 0 Å². The lowest BCUT2D eigenvalue weighted by Crippen LogP contribution is -2.03. The highest BCUT2D eigenvalue weighted by Gasteiger charge is 2.15. The summed E-state index contributed by atoms with van der Waals surface area (Å²) in [5.41, 5.74) is 2.56. The molecule has 108 valence electrons. The maximum atomic E-state index is 6.02. The van der Waals surface area contributed by atoms with Crippen LogP contribution in [-0.4, -0.2) is 20.4 Å². The van der Waals surface area contributed by atoms with Crippen molar-refractivity contribution < 1.29 is 0 Å². The number of halogens is 4. The monoisotopic (exact) mass is 447 g/mol. The molecule has 0 saturated carbocycles. The van der Waals surface area contributed by atoms with Crippen molar-refractivity contribution >= 4 is 66.2 Å². The second kappa shape index (κ2) is 6.24. The average Bonchev–Trinajstić information content (AvgIpc) is 2.76. The number of hydrogen-bond donors (Lipinski definition) is 0. The molecule has 21 heavy (non-hydrogen) atoms. The maximum Gasteiger partial charge on any atom is 0.164 e. The van der Waals surface area contributed by atoms with E-state index in [0.29, 0.717) is 17.3 Å². The predicted octanol–water partition coefficient (Wildman–Crippen LogP) is 5.38. The van der Waals surface area contributed by atoms with Crippen molar-refractivity contribution in [3.63, 3.8) is 0 Å². The zero-order chi connectivity index (χ0) is 15.0. The summed E-state index contributed by atoms with van der Waals surface area (Å²) in [5.74, 6) is 1.36. The molecule has 0 bridgehead atoms. The molecule has 0 amide bonds. The Bertz CT molecular complexity index is 817. The second-order valence-corrected chi connectivity index (χ2v) is 6.98. The normalized spacial score (nSPS) is 11.2. The Hall–Kier alpha value is -0.620. The van der Waals surface area contributed by atoms with Crippen molar-refractivity contribution in [3.05, 3.63) is 50.3 Å². The number of nitrogens with zero attached hydrogens (tertiary/aromatic N) is 3. The molecule has 0 spiro atoms. The molecule has 0 radical (unpaired) electrons. The Balaban J connectivity index is 2.30. The van der Waals surface area contributed by atoms with E-state index in [9.17, 15) is 0 Å². The Morgan fingerprint density at radius 3 is 2.71 bits per heavy atom. The van der Waals surface area contributed by atoms with Gasteiger partial charge in [0.1, 0.15) is 11.3 Å². The Morgan fingerprint density at radius 1 is 1.19 bits per heavy atom. The molecule has 3 aromatic rings. The molecule has 0 saturated heterocycles. The summed E-state index contributed by atoms with van der Waals surface area (Å²) in [6.45, 7) is 0. The SMILES string of the molecule is ClCCc1nc2cc(Br)cnc2n1-c1ccc(Cl)cc1Br. The molecule has 0 N–H and O–H groups in total. The van der Waals surface area contributed by atoms with Gasteiger partial charge in [-0.15, -0.1) is 11.6 Å². The van der Waals surface area contributed by atoms with Gasteiger partial charge in [0.15, 0.2) is 5.65 Å². The summed E-state index contributed by atoms with van der Waals surface area (Å²) in [6, 6.07) is 7.58. The summed E-state index contributed by atoms with van der Waals surface area (Å²) in [7, 11) is 0. The molecule has 2 aromatic heterocycles. The van der Waals surface area contributed by atoms with Gasteiger partial charge in [-0.2, -0.15) is 0 Å². The van der Waals surface area contributed by atoms with E-state index in [1.54, 1.807) is 6.20 Å². The molecule has 0 fully saturated rings. The molecular formula is C14H9Br2Cl2N3. The van der Waals surface area contributed by atoms with Crippen LogP contribution >= 0.6 is 55.1 Å². The van der Waals surface area contributed by atoms with Gasteiger partial charge in [0.05, 0.1) is 5.69 Å². The van der Waals surface area contributed by atoms with Gasteiger partial charge in [-0.25, -0.2) is 9.97 Å². The summed E-state index contributed by atoms with van der Waals surface area (Å²) in [4.78, 5) is 9.12. The second-order valence-electron chi connectivity index (χ2n) is 4.39. The number of rotatable bonds is 3. The number of alkyl halides is 1. The van der Waals surface area contributed by atoms with E-state index >= 15 is 0 Å². The van der Waals surface area contributed by atoms with Gasteiger partial charge in [-0.05, 0) is 56.1 Å². The first-order valence-electron chi connectivity index (χ1n) is 6.14. The maximum absolute atomic E-state index is 6.02. The predicted molar refractivity (Wildman–Crippen MR) is 93.7 cm³/mol. The van der Waals surface area contributed by atoms with Crippen LogP contribution in [0.25, 0.3) is 16.9 Å². The highest BCUT2D eigenvalue weighted by Crippen LogP contribution is 2.29. The minimum absolute atomic E-state index is 0.496. The van der Waals surface area contributed by atoms with E-state index in [1.165, 1.54) is 0 Å². The van der Waals surface area contributed by atoms with Gasteiger partial charge >= 0.3 is 0 Å². The van der Waals surface area contributed by atoms with Crippen molar-refractivity contribution in [2.45, 2.75) is 6.42 Å². The van der Waals surface area contributed by atoms with Crippen LogP contribution in [-0.2, 0) is 6.42 Å². The minimum Gasteiger partial charge on any atom is -0.280 e. The van der Waals surface area contributed by atoms with Crippen LogP contribution in [0.2, 0.25) is 5.02 Å². The largest absolute Gasteiger partial charge is 0.280 e. The van der Waals surface area contributed by atoms with Gasteiger partial charge in [-0.1, -0.05) is 11.6 Å². The van der Waals surface area contributed by atoms with Crippen molar-refractivity contribution in [1.29, 1.82) is 0 Å². The molecule has 3 rings (SSSR count). The third kappa shape index (κ3) is 2.97. The van der Waals surface area contributed by atoms with E-state index in [4.69, 9.17) is 23.2 Å². The van der Waals surface area contributed by atoms with E-state index in [1.807, 2.05) is 28.8 Å². The highest BCUT2D eigenvalue weighted by atomic mass is 79.9. The van der Waals surface area contributed by atoms with Crippen molar-refractivity contribution in [3.8, 4) is 5.69 Å². The summed E-state index contributed by atoms with van der Waals surface area (Å²) in [5, 5.41) is 0.671. The van der Waals surface area contributed by atoms with Crippen molar-refractivity contribution in [1.82, 2.24) is 14.5 Å². The molecule has 2 heterocycles. The smallest absolute Gasteiger partial charge is 0.164 e. The molecule has 0 aliphatic carbocycles. The number of fused-ring (bicyclic) bond motifs is 1. The molecule has 1 aromatic carbocycles. The third-order valence-corrected chi connectivity index (χ3v) is 4.49. The van der Waals surface area contributed by atoms with Crippen LogP contribution in [0.3, 0.4) is 0 Å². The van der Waals surface area contributed by atoms with E-state index in [0.717, 1.165) is 31.6 Å². The first-order valence-corrected chi connectivity index (χ1v) is 8.64. The topological polar surface area (TPSA) is 30.7 Å². The molecular weight excluding hydrogens is 441 g/mol. The van der Waals surface area contributed by atoms with E-state index in [-0.39, 0.29) is 0 Å². The van der Waals surface area contributed by atoms with Gasteiger partial charge < -0.3 is 0 Å². The lowest BCUT2D eigenvalue weighted by Gasteiger charge is -2.10. The fourth-order valence-electron chi connectivity index (χ4n) is 2.16.